The monoisotopic (exact) mass is 307 g/mol. The lowest BCUT2D eigenvalue weighted by Gasteiger charge is -2.43. The first-order valence-electron chi connectivity index (χ1n) is 6.35. The fourth-order valence-corrected chi connectivity index (χ4v) is 3.14. The molecule has 2 unspecified atom stereocenters. The number of nitriles is 1. The molecule has 0 aliphatic heterocycles. The van der Waals surface area contributed by atoms with Crippen LogP contribution in [0.2, 0.25) is 0 Å². The van der Waals surface area contributed by atoms with E-state index in [1.807, 2.05) is 19.9 Å². The molecule has 0 saturated heterocycles. The van der Waals surface area contributed by atoms with Crippen LogP contribution in [0, 0.1) is 16.7 Å². The topological polar surface area (TPSA) is 44.0 Å². The van der Waals surface area contributed by atoms with Crippen molar-refractivity contribution < 1.29 is 5.11 Å². The van der Waals surface area contributed by atoms with Gasteiger partial charge in [0.15, 0.2) is 0 Å². The van der Waals surface area contributed by atoms with Gasteiger partial charge in [-0.15, -0.1) is 0 Å². The second-order valence-electron chi connectivity index (χ2n) is 5.42. The average Bonchev–Trinajstić information content (AvgIpc) is 2.38. The van der Waals surface area contributed by atoms with Crippen molar-refractivity contribution >= 4 is 15.9 Å². The van der Waals surface area contributed by atoms with Gasteiger partial charge < -0.3 is 5.11 Å². The number of benzene rings is 1. The zero-order chi connectivity index (χ0) is 13.4. The number of aliphatic hydroxyl groups is 1. The van der Waals surface area contributed by atoms with E-state index in [-0.39, 0.29) is 0 Å². The molecule has 2 nitrogen and oxygen atoms in total. The molecular weight excluding hydrogens is 290 g/mol. The summed E-state index contributed by atoms with van der Waals surface area (Å²) in [6.07, 6.45) is 2.75. The Morgan fingerprint density at radius 2 is 2.22 bits per heavy atom. The summed E-state index contributed by atoms with van der Waals surface area (Å²) >= 11 is 3.47. The van der Waals surface area contributed by atoms with Crippen LogP contribution in [-0.2, 0) is 12.8 Å². The van der Waals surface area contributed by atoms with Crippen molar-refractivity contribution in [1.82, 2.24) is 0 Å². The summed E-state index contributed by atoms with van der Waals surface area (Å²) in [6.45, 7) is 3.84. The quantitative estimate of drug-likeness (QED) is 0.907. The molecule has 0 amide bonds. The van der Waals surface area contributed by atoms with Crippen molar-refractivity contribution in [2.75, 3.05) is 0 Å². The van der Waals surface area contributed by atoms with Crippen LogP contribution in [0.1, 0.15) is 37.8 Å². The van der Waals surface area contributed by atoms with Gasteiger partial charge >= 0.3 is 0 Å². The van der Waals surface area contributed by atoms with Crippen LogP contribution in [-0.4, -0.2) is 10.7 Å². The molecule has 1 aliphatic carbocycles. The molecule has 18 heavy (non-hydrogen) atoms. The summed E-state index contributed by atoms with van der Waals surface area (Å²) < 4.78 is 1.07. The van der Waals surface area contributed by atoms with Crippen LogP contribution in [0.25, 0.3) is 0 Å². The number of hydrogen-bond donors (Lipinski definition) is 1. The summed E-state index contributed by atoms with van der Waals surface area (Å²) in [5, 5.41) is 20.2. The Hall–Kier alpha value is -0.850. The van der Waals surface area contributed by atoms with Crippen LogP contribution >= 0.6 is 15.9 Å². The van der Waals surface area contributed by atoms with Gasteiger partial charge in [-0.2, -0.15) is 5.26 Å². The molecule has 3 heteroatoms. The zero-order valence-corrected chi connectivity index (χ0v) is 12.4. The highest BCUT2D eigenvalue weighted by Gasteiger charge is 2.47. The van der Waals surface area contributed by atoms with Crippen LogP contribution in [0.15, 0.2) is 22.7 Å². The second-order valence-corrected chi connectivity index (χ2v) is 6.33. The molecule has 0 bridgehead atoms. The van der Waals surface area contributed by atoms with Gasteiger partial charge in [0.2, 0.25) is 0 Å². The molecule has 0 aromatic heterocycles. The highest BCUT2D eigenvalue weighted by atomic mass is 79.9. The number of halogens is 1. The van der Waals surface area contributed by atoms with Gasteiger partial charge in [-0.1, -0.05) is 28.9 Å². The van der Waals surface area contributed by atoms with Crippen molar-refractivity contribution in [2.45, 2.75) is 45.1 Å². The van der Waals surface area contributed by atoms with Gasteiger partial charge in [0.25, 0.3) is 0 Å². The van der Waals surface area contributed by atoms with Crippen molar-refractivity contribution in [3.63, 3.8) is 0 Å². The molecule has 0 radical (unpaired) electrons. The van der Waals surface area contributed by atoms with E-state index >= 15 is 0 Å². The lowest BCUT2D eigenvalue weighted by atomic mass is 9.64. The van der Waals surface area contributed by atoms with Gasteiger partial charge in [-0.05, 0) is 49.4 Å². The summed E-state index contributed by atoms with van der Waals surface area (Å²) in [5.74, 6) is 0. The molecule has 1 aromatic carbocycles. The van der Waals surface area contributed by atoms with E-state index in [4.69, 9.17) is 0 Å². The minimum atomic E-state index is -0.905. The summed E-state index contributed by atoms with van der Waals surface area (Å²) in [4.78, 5) is 0. The van der Waals surface area contributed by atoms with Crippen LogP contribution < -0.4 is 0 Å². The standard InChI is InChI=1S/C15H18BrNO/c1-3-14(2,10-17)15(18)7-6-11-8-13(16)5-4-12(11)9-15/h4-5,8,18H,3,6-7,9H2,1-2H3. The van der Waals surface area contributed by atoms with Crippen LogP contribution in [0.4, 0.5) is 0 Å². The minimum Gasteiger partial charge on any atom is -0.388 e. The van der Waals surface area contributed by atoms with Crippen molar-refractivity contribution in [3.8, 4) is 6.07 Å². The molecule has 1 aliphatic rings. The number of aryl methyl sites for hydroxylation is 1. The lowest BCUT2D eigenvalue weighted by Crippen LogP contribution is -2.49. The lowest BCUT2D eigenvalue weighted by molar-refractivity contribution is -0.0596. The molecule has 1 aromatic rings. The van der Waals surface area contributed by atoms with E-state index in [2.05, 4.69) is 34.1 Å². The third-order valence-electron chi connectivity index (χ3n) is 4.44. The first-order chi connectivity index (χ1) is 8.44. The highest BCUT2D eigenvalue weighted by Crippen LogP contribution is 2.43. The fraction of sp³-hybridized carbons (Fsp3) is 0.533. The highest BCUT2D eigenvalue weighted by molar-refractivity contribution is 9.10. The van der Waals surface area contributed by atoms with E-state index in [9.17, 15) is 10.4 Å². The van der Waals surface area contributed by atoms with Gasteiger partial charge in [0.1, 0.15) is 0 Å². The Bertz CT molecular complexity index is 508. The van der Waals surface area contributed by atoms with E-state index in [0.29, 0.717) is 19.3 Å². The summed E-state index contributed by atoms with van der Waals surface area (Å²) in [7, 11) is 0. The SMILES string of the molecule is CCC(C)(C#N)C1(O)CCc2cc(Br)ccc2C1. The molecule has 96 valence electrons. The fourth-order valence-electron chi connectivity index (χ4n) is 2.73. The Labute approximate surface area is 117 Å². The number of nitrogens with zero attached hydrogens (tertiary/aromatic N) is 1. The molecule has 2 rings (SSSR count). The predicted octanol–water partition coefficient (Wildman–Crippen LogP) is 3.61. The Balaban J connectivity index is 2.37. The van der Waals surface area contributed by atoms with Crippen molar-refractivity contribution in [3.05, 3.63) is 33.8 Å². The van der Waals surface area contributed by atoms with Crippen LogP contribution in [0.3, 0.4) is 0 Å². The smallest absolute Gasteiger partial charge is 0.0873 e. The zero-order valence-electron chi connectivity index (χ0n) is 10.8. The number of hydrogen-bond acceptors (Lipinski definition) is 2. The maximum atomic E-state index is 10.9. The molecule has 1 N–H and O–H groups in total. The van der Waals surface area contributed by atoms with E-state index in [0.717, 1.165) is 10.9 Å². The molecule has 0 saturated carbocycles. The summed E-state index contributed by atoms with van der Waals surface area (Å²) in [5.41, 5.74) is 0.877. The van der Waals surface area contributed by atoms with Crippen LogP contribution in [0.5, 0.6) is 0 Å². The maximum absolute atomic E-state index is 10.9. The summed E-state index contributed by atoms with van der Waals surface area (Å²) in [6, 6.07) is 8.49. The first-order valence-corrected chi connectivity index (χ1v) is 7.14. The molecule has 0 fully saturated rings. The third kappa shape index (κ3) is 2.08. The molecular formula is C15H18BrNO. The second kappa shape index (κ2) is 4.68. The predicted molar refractivity (Wildman–Crippen MR) is 75.1 cm³/mol. The van der Waals surface area contributed by atoms with E-state index < -0.39 is 11.0 Å². The Kier molecular flexibility index (Phi) is 3.53. The van der Waals surface area contributed by atoms with Gasteiger partial charge in [0, 0.05) is 10.9 Å². The molecule has 0 heterocycles. The van der Waals surface area contributed by atoms with Crippen molar-refractivity contribution in [1.29, 1.82) is 5.26 Å². The molecule has 2 atom stereocenters. The van der Waals surface area contributed by atoms with E-state index in [1.54, 1.807) is 0 Å². The van der Waals surface area contributed by atoms with E-state index in [1.165, 1.54) is 11.1 Å². The third-order valence-corrected chi connectivity index (χ3v) is 4.93. The largest absolute Gasteiger partial charge is 0.388 e. The Morgan fingerprint density at radius 1 is 1.50 bits per heavy atom. The van der Waals surface area contributed by atoms with Crippen molar-refractivity contribution in [2.24, 2.45) is 5.41 Å². The minimum absolute atomic E-state index is 0.577. The average molecular weight is 308 g/mol. The van der Waals surface area contributed by atoms with Gasteiger partial charge in [-0.3, -0.25) is 0 Å². The number of fused-ring (bicyclic) bond motifs is 1. The molecule has 0 spiro atoms. The van der Waals surface area contributed by atoms with Gasteiger partial charge in [0.05, 0.1) is 17.1 Å². The first kappa shape index (κ1) is 13.6. The maximum Gasteiger partial charge on any atom is 0.0873 e. The number of rotatable bonds is 2. The normalized spacial score (nSPS) is 25.9. The van der Waals surface area contributed by atoms with Gasteiger partial charge in [-0.25, -0.2) is 0 Å². The Morgan fingerprint density at radius 3 is 2.83 bits per heavy atom.